The maximum Gasteiger partial charge on any atom is 0.0950 e. The third-order valence-corrected chi connectivity index (χ3v) is 3.17. The van der Waals surface area contributed by atoms with E-state index in [1.807, 2.05) is 30.3 Å². The van der Waals surface area contributed by atoms with E-state index in [-0.39, 0.29) is 12.1 Å². The summed E-state index contributed by atoms with van der Waals surface area (Å²) in [6.45, 7) is 4.26. The van der Waals surface area contributed by atoms with E-state index >= 15 is 0 Å². The maximum absolute atomic E-state index is 5.87. The lowest BCUT2D eigenvalue weighted by Gasteiger charge is -2.19. The van der Waals surface area contributed by atoms with Crippen LogP contribution in [0.25, 0.3) is 0 Å². The third-order valence-electron chi connectivity index (χ3n) is 2.91. The predicted octanol–water partition coefficient (Wildman–Crippen LogP) is 4.34. The summed E-state index contributed by atoms with van der Waals surface area (Å²) in [6, 6.07) is 10.4. The van der Waals surface area contributed by atoms with Gasteiger partial charge >= 0.3 is 0 Å². The lowest BCUT2D eigenvalue weighted by Crippen LogP contribution is -2.22. The van der Waals surface area contributed by atoms with Crippen molar-refractivity contribution in [2.45, 2.75) is 25.9 Å². The first-order chi connectivity index (χ1) is 8.16. The van der Waals surface area contributed by atoms with Crippen LogP contribution in [0.1, 0.15) is 37.1 Å². The fourth-order valence-corrected chi connectivity index (χ4v) is 1.97. The van der Waals surface area contributed by atoms with Gasteiger partial charge in [0.2, 0.25) is 0 Å². The van der Waals surface area contributed by atoms with Crippen molar-refractivity contribution in [1.29, 1.82) is 0 Å². The fraction of sp³-hybridized carbons (Fsp3) is 0.286. The zero-order valence-corrected chi connectivity index (χ0v) is 10.7. The van der Waals surface area contributed by atoms with E-state index < -0.39 is 0 Å². The molecular formula is C14H16ClNO. The first kappa shape index (κ1) is 12.2. The number of halogens is 1. The maximum atomic E-state index is 5.87. The molecule has 0 aliphatic rings. The molecule has 90 valence electrons. The molecule has 0 spiro atoms. The Balaban J connectivity index is 2.01. The van der Waals surface area contributed by atoms with Gasteiger partial charge < -0.3 is 9.73 Å². The van der Waals surface area contributed by atoms with Crippen molar-refractivity contribution in [2.75, 3.05) is 0 Å². The van der Waals surface area contributed by atoms with E-state index in [2.05, 4.69) is 19.2 Å². The molecule has 0 aliphatic carbocycles. The molecule has 17 heavy (non-hydrogen) atoms. The molecule has 0 amide bonds. The standard InChI is InChI=1S/C14H16ClNO/c1-10(12-3-5-14(15)6-4-12)16-11(2)13-7-8-17-9-13/h3-11,16H,1-2H3/t10-,11?/m0/s1. The average Bonchev–Trinajstić information content (AvgIpc) is 2.83. The van der Waals surface area contributed by atoms with Gasteiger partial charge in [0.15, 0.2) is 0 Å². The molecule has 1 aromatic heterocycles. The van der Waals surface area contributed by atoms with Crippen LogP contribution in [-0.2, 0) is 0 Å². The Morgan fingerprint density at radius 3 is 2.24 bits per heavy atom. The molecule has 1 N–H and O–H groups in total. The molecule has 2 aromatic rings. The van der Waals surface area contributed by atoms with Gasteiger partial charge in [0.25, 0.3) is 0 Å². The minimum atomic E-state index is 0.263. The molecule has 1 unspecified atom stereocenters. The van der Waals surface area contributed by atoms with Crippen LogP contribution in [0.5, 0.6) is 0 Å². The van der Waals surface area contributed by atoms with Crippen molar-refractivity contribution in [3.8, 4) is 0 Å². The lowest BCUT2D eigenvalue weighted by molar-refractivity contribution is 0.486. The first-order valence-corrected chi connectivity index (χ1v) is 6.08. The summed E-state index contributed by atoms with van der Waals surface area (Å²) < 4.78 is 5.08. The van der Waals surface area contributed by atoms with Gasteiger partial charge in [-0.1, -0.05) is 23.7 Å². The van der Waals surface area contributed by atoms with Crippen LogP contribution >= 0.6 is 11.6 Å². The quantitative estimate of drug-likeness (QED) is 0.872. The summed E-state index contributed by atoms with van der Waals surface area (Å²) in [6.07, 6.45) is 3.46. The summed E-state index contributed by atoms with van der Waals surface area (Å²) in [5.74, 6) is 0. The van der Waals surface area contributed by atoms with Crippen LogP contribution in [0.4, 0.5) is 0 Å². The summed E-state index contributed by atoms with van der Waals surface area (Å²) in [7, 11) is 0. The Labute approximate surface area is 107 Å². The lowest BCUT2D eigenvalue weighted by atomic mass is 10.1. The zero-order chi connectivity index (χ0) is 12.3. The van der Waals surface area contributed by atoms with Crippen LogP contribution in [0.2, 0.25) is 5.02 Å². The summed E-state index contributed by atoms with van der Waals surface area (Å²) in [5, 5.41) is 4.28. The average molecular weight is 250 g/mol. The second-order valence-corrected chi connectivity index (χ2v) is 4.65. The van der Waals surface area contributed by atoms with Gasteiger partial charge in [-0.3, -0.25) is 0 Å². The van der Waals surface area contributed by atoms with E-state index in [0.717, 1.165) is 10.6 Å². The minimum absolute atomic E-state index is 0.263. The Hall–Kier alpha value is -1.25. The van der Waals surface area contributed by atoms with Gasteiger partial charge in [-0.2, -0.15) is 0 Å². The van der Waals surface area contributed by atoms with E-state index in [4.69, 9.17) is 16.0 Å². The molecule has 0 fully saturated rings. The molecule has 0 radical (unpaired) electrons. The fourth-order valence-electron chi connectivity index (χ4n) is 1.84. The first-order valence-electron chi connectivity index (χ1n) is 5.70. The van der Waals surface area contributed by atoms with Crippen molar-refractivity contribution < 1.29 is 4.42 Å². The van der Waals surface area contributed by atoms with Crippen molar-refractivity contribution in [3.63, 3.8) is 0 Å². The highest BCUT2D eigenvalue weighted by atomic mass is 35.5. The predicted molar refractivity (Wildman–Crippen MR) is 70.1 cm³/mol. The molecule has 1 heterocycles. The van der Waals surface area contributed by atoms with Gasteiger partial charge in [-0.25, -0.2) is 0 Å². The monoisotopic (exact) mass is 249 g/mol. The second kappa shape index (κ2) is 5.39. The number of hydrogen-bond acceptors (Lipinski definition) is 2. The summed E-state index contributed by atoms with van der Waals surface area (Å²) in [4.78, 5) is 0. The molecule has 3 heteroatoms. The Morgan fingerprint density at radius 1 is 1.00 bits per heavy atom. The van der Waals surface area contributed by atoms with Crippen molar-refractivity contribution in [3.05, 3.63) is 59.0 Å². The number of furan rings is 1. The number of nitrogens with one attached hydrogen (secondary N) is 1. The highest BCUT2D eigenvalue weighted by Gasteiger charge is 2.11. The SMILES string of the molecule is CC(N[C@@H](C)c1ccc(Cl)cc1)c1ccoc1. The largest absolute Gasteiger partial charge is 0.472 e. The smallest absolute Gasteiger partial charge is 0.0950 e. The van der Waals surface area contributed by atoms with Gasteiger partial charge in [0.1, 0.15) is 0 Å². The summed E-state index contributed by atoms with van der Waals surface area (Å²) >= 11 is 5.87. The van der Waals surface area contributed by atoms with Crippen LogP contribution in [-0.4, -0.2) is 0 Å². The van der Waals surface area contributed by atoms with Crippen LogP contribution in [0, 0.1) is 0 Å². The highest BCUT2D eigenvalue weighted by Crippen LogP contribution is 2.20. The number of hydrogen-bond donors (Lipinski definition) is 1. The van der Waals surface area contributed by atoms with Crippen LogP contribution < -0.4 is 5.32 Å². The molecule has 0 saturated carbocycles. The topological polar surface area (TPSA) is 25.2 Å². The molecule has 2 nitrogen and oxygen atoms in total. The van der Waals surface area contributed by atoms with E-state index in [1.165, 1.54) is 5.56 Å². The van der Waals surface area contributed by atoms with E-state index in [1.54, 1.807) is 12.5 Å². The van der Waals surface area contributed by atoms with Gasteiger partial charge in [-0.15, -0.1) is 0 Å². The third kappa shape index (κ3) is 3.11. The molecule has 2 atom stereocenters. The second-order valence-electron chi connectivity index (χ2n) is 4.22. The minimum Gasteiger partial charge on any atom is -0.472 e. The van der Waals surface area contributed by atoms with Gasteiger partial charge in [-0.05, 0) is 37.6 Å². The molecule has 1 aromatic carbocycles. The Morgan fingerprint density at radius 2 is 1.65 bits per heavy atom. The Kier molecular flexibility index (Phi) is 3.87. The molecule has 0 saturated heterocycles. The zero-order valence-electron chi connectivity index (χ0n) is 9.98. The number of benzene rings is 1. The van der Waals surface area contributed by atoms with Crippen molar-refractivity contribution in [1.82, 2.24) is 5.32 Å². The van der Waals surface area contributed by atoms with Crippen LogP contribution in [0.15, 0.2) is 47.3 Å². The summed E-state index contributed by atoms with van der Waals surface area (Å²) in [5.41, 5.74) is 2.38. The van der Waals surface area contributed by atoms with Crippen molar-refractivity contribution in [2.24, 2.45) is 0 Å². The van der Waals surface area contributed by atoms with Gasteiger partial charge in [0.05, 0.1) is 12.5 Å². The Bertz CT molecular complexity index is 450. The highest BCUT2D eigenvalue weighted by molar-refractivity contribution is 6.30. The normalized spacial score (nSPS) is 14.5. The van der Waals surface area contributed by atoms with E-state index in [9.17, 15) is 0 Å². The van der Waals surface area contributed by atoms with E-state index in [0.29, 0.717) is 0 Å². The molecule has 2 rings (SSSR count). The van der Waals surface area contributed by atoms with Gasteiger partial charge in [0, 0.05) is 22.7 Å². The molecule has 0 bridgehead atoms. The van der Waals surface area contributed by atoms with Crippen LogP contribution in [0.3, 0.4) is 0 Å². The van der Waals surface area contributed by atoms with Crippen molar-refractivity contribution >= 4 is 11.6 Å². The molecule has 0 aliphatic heterocycles. The number of rotatable bonds is 4. The molecular weight excluding hydrogens is 234 g/mol.